The van der Waals surface area contributed by atoms with Crippen LogP contribution in [0.4, 0.5) is 15.9 Å². The van der Waals surface area contributed by atoms with E-state index >= 15 is 0 Å². The molecule has 0 saturated heterocycles. The van der Waals surface area contributed by atoms with Gasteiger partial charge in [0.2, 0.25) is 5.82 Å². The Labute approximate surface area is 166 Å². The van der Waals surface area contributed by atoms with Crippen LogP contribution in [0.1, 0.15) is 11.3 Å². The van der Waals surface area contributed by atoms with Gasteiger partial charge in [0.25, 0.3) is 0 Å². The number of nitrogens with zero attached hydrogens (tertiary/aromatic N) is 4. The summed E-state index contributed by atoms with van der Waals surface area (Å²) in [4.78, 5) is 16.0. The van der Waals surface area contributed by atoms with Crippen LogP contribution in [-0.2, 0) is 0 Å². The molecule has 0 bridgehead atoms. The van der Waals surface area contributed by atoms with Crippen LogP contribution in [0.5, 0.6) is 0 Å². The molecule has 0 aliphatic carbocycles. The van der Waals surface area contributed by atoms with Crippen molar-refractivity contribution in [1.82, 2.24) is 14.8 Å². The van der Waals surface area contributed by atoms with Crippen molar-refractivity contribution in [3.8, 4) is 16.8 Å². The fourth-order valence-electron chi connectivity index (χ4n) is 3.42. The van der Waals surface area contributed by atoms with Gasteiger partial charge in [-0.15, -0.1) is 0 Å². The SMILES string of the molecule is CNc1nc2c(c(C)nn2-c2ccc(F)cc2)c(-c2ccc(C)cc2)c1[N+](=O)[O-]. The Bertz CT molecular complexity index is 1230. The highest BCUT2D eigenvalue weighted by Gasteiger charge is 2.29. The lowest BCUT2D eigenvalue weighted by Gasteiger charge is -2.11. The molecule has 2 heterocycles. The molecule has 0 aliphatic rings. The molecule has 146 valence electrons. The Hall–Kier alpha value is -3.81. The highest BCUT2D eigenvalue weighted by Crippen LogP contribution is 2.42. The summed E-state index contributed by atoms with van der Waals surface area (Å²) in [5.41, 5.74) is 3.77. The van der Waals surface area contributed by atoms with Gasteiger partial charge < -0.3 is 5.32 Å². The van der Waals surface area contributed by atoms with Gasteiger partial charge in [0.05, 0.1) is 27.3 Å². The number of rotatable bonds is 4. The van der Waals surface area contributed by atoms with E-state index in [1.807, 2.05) is 31.2 Å². The highest BCUT2D eigenvalue weighted by atomic mass is 19.1. The molecule has 0 radical (unpaired) electrons. The fourth-order valence-corrected chi connectivity index (χ4v) is 3.42. The molecule has 4 rings (SSSR count). The van der Waals surface area contributed by atoms with Crippen LogP contribution in [0, 0.1) is 29.8 Å². The first-order chi connectivity index (χ1) is 13.9. The van der Waals surface area contributed by atoms with Crippen LogP contribution in [-0.4, -0.2) is 26.7 Å². The minimum atomic E-state index is -0.428. The molecule has 0 spiro atoms. The van der Waals surface area contributed by atoms with Gasteiger partial charge in [0, 0.05) is 7.05 Å². The number of fused-ring (bicyclic) bond motifs is 1. The normalized spacial score (nSPS) is 11.0. The maximum atomic E-state index is 13.4. The molecule has 0 fully saturated rings. The van der Waals surface area contributed by atoms with Crippen LogP contribution >= 0.6 is 0 Å². The number of nitro groups is 1. The van der Waals surface area contributed by atoms with Gasteiger partial charge in [-0.25, -0.2) is 14.1 Å². The van der Waals surface area contributed by atoms with E-state index < -0.39 is 4.92 Å². The predicted octanol–water partition coefficient (Wildman–Crippen LogP) is 4.79. The first kappa shape index (κ1) is 18.5. The van der Waals surface area contributed by atoms with Crippen molar-refractivity contribution in [2.75, 3.05) is 12.4 Å². The zero-order valence-corrected chi connectivity index (χ0v) is 16.1. The molecule has 0 amide bonds. The first-order valence-electron chi connectivity index (χ1n) is 8.99. The molecule has 0 aliphatic heterocycles. The monoisotopic (exact) mass is 391 g/mol. The van der Waals surface area contributed by atoms with E-state index in [9.17, 15) is 14.5 Å². The number of aromatic nitrogens is 3. The highest BCUT2D eigenvalue weighted by molar-refractivity contribution is 6.03. The number of halogens is 1. The molecule has 0 saturated carbocycles. The second-order valence-corrected chi connectivity index (χ2v) is 6.73. The van der Waals surface area contributed by atoms with Gasteiger partial charge in [-0.1, -0.05) is 29.8 Å². The van der Waals surface area contributed by atoms with Gasteiger partial charge in [0.1, 0.15) is 5.82 Å². The molecular formula is C21H18FN5O2. The van der Waals surface area contributed by atoms with Crippen molar-refractivity contribution in [3.05, 3.63) is 75.7 Å². The number of aryl methyl sites for hydroxylation is 2. The zero-order valence-electron chi connectivity index (χ0n) is 16.1. The molecule has 2 aromatic heterocycles. The van der Waals surface area contributed by atoms with E-state index in [0.717, 1.165) is 5.56 Å². The third-order valence-corrected chi connectivity index (χ3v) is 4.80. The quantitative estimate of drug-likeness (QED) is 0.399. The Morgan fingerprint density at radius 1 is 1.07 bits per heavy atom. The largest absolute Gasteiger partial charge is 0.367 e. The van der Waals surface area contributed by atoms with Crippen molar-refractivity contribution >= 4 is 22.5 Å². The van der Waals surface area contributed by atoms with Gasteiger partial charge in [-0.2, -0.15) is 5.10 Å². The zero-order chi connectivity index (χ0) is 20.7. The number of anilines is 1. The lowest BCUT2D eigenvalue weighted by atomic mass is 9.99. The average Bonchev–Trinajstić information content (AvgIpc) is 3.04. The average molecular weight is 391 g/mol. The summed E-state index contributed by atoms with van der Waals surface area (Å²) in [6, 6.07) is 13.4. The Morgan fingerprint density at radius 3 is 2.31 bits per heavy atom. The Kier molecular flexibility index (Phi) is 4.46. The number of benzene rings is 2. The molecule has 7 nitrogen and oxygen atoms in total. The topological polar surface area (TPSA) is 85.9 Å². The molecule has 4 aromatic rings. The summed E-state index contributed by atoms with van der Waals surface area (Å²) >= 11 is 0. The van der Waals surface area contributed by atoms with E-state index in [2.05, 4.69) is 15.4 Å². The van der Waals surface area contributed by atoms with E-state index in [-0.39, 0.29) is 17.3 Å². The number of pyridine rings is 1. The first-order valence-corrected chi connectivity index (χ1v) is 8.99. The summed E-state index contributed by atoms with van der Waals surface area (Å²) in [6.07, 6.45) is 0. The summed E-state index contributed by atoms with van der Waals surface area (Å²) in [5.74, 6) is -0.219. The predicted molar refractivity (Wildman–Crippen MR) is 110 cm³/mol. The van der Waals surface area contributed by atoms with Crippen LogP contribution in [0.3, 0.4) is 0 Å². The molecule has 29 heavy (non-hydrogen) atoms. The number of nitrogens with one attached hydrogen (secondary N) is 1. The molecule has 8 heteroatoms. The van der Waals surface area contributed by atoms with E-state index in [1.165, 1.54) is 12.1 Å². The molecule has 0 unspecified atom stereocenters. The minimum absolute atomic E-state index is 0.106. The second-order valence-electron chi connectivity index (χ2n) is 6.73. The summed E-state index contributed by atoms with van der Waals surface area (Å²) in [7, 11) is 1.59. The lowest BCUT2D eigenvalue weighted by Crippen LogP contribution is -2.04. The Balaban J connectivity index is 2.13. The van der Waals surface area contributed by atoms with Crippen molar-refractivity contribution < 1.29 is 9.31 Å². The van der Waals surface area contributed by atoms with Gasteiger partial charge in [-0.05, 0) is 43.7 Å². The minimum Gasteiger partial charge on any atom is -0.367 e. The second kappa shape index (κ2) is 6.97. The van der Waals surface area contributed by atoms with Gasteiger partial charge in [0.15, 0.2) is 5.65 Å². The summed E-state index contributed by atoms with van der Waals surface area (Å²) < 4.78 is 14.9. The maximum absolute atomic E-state index is 13.4. The van der Waals surface area contributed by atoms with Crippen LogP contribution in [0.2, 0.25) is 0 Å². The van der Waals surface area contributed by atoms with E-state index in [1.54, 1.807) is 30.8 Å². The van der Waals surface area contributed by atoms with Gasteiger partial charge >= 0.3 is 5.69 Å². The summed E-state index contributed by atoms with van der Waals surface area (Å²) in [5, 5.41) is 19.9. The third kappa shape index (κ3) is 3.08. The maximum Gasteiger partial charge on any atom is 0.319 e. The van der Waals surface area contributed by atoms with Crippen LogP contribution in [0.25, 0.3) is 27.8 Å². The summed E-state index contributed by atoms with van der Waals surface area (Å²) in [6.45, 7) is 3.74. The van der Waals surface area contributed by atoms with Crippen molar-refractivity contribution in [2.45, 2.75) is 13.8 Å². The molecule has 0 atom stereocenters. The smallest absolute Gasteiger partial charge is 0.319 e. The third-order valence-electron chi connectivity index (χ3n) is 4.80. The van der Waals surface area contributed by atoms with Crippen LogP contribution < -0.4 is 5.32 Å². The van der Waals surface area contributed by atoms with Crippen molar-refractivity contribution in [2.24, 2.45) is 0 Å². The lowest BCUT2D eigenvalue weighted by molar-refractivity contribution is -0.383. The fraction of sp³-hybridized carbons (Fsp3) is 0.143. The van der Waals surface area contributed by atoms with Crippen molar-refractivity contribution in [3.63, 3.8) is 0 Å². The standard InChI is InChI=1S/C21H18FN5O2/c1-12-4-6-14(7-5-12)18-17-13(2)25-26(16-10-8-15(22)9-11-16)21(17)24-20(23-3)19(18)27(28)29/h4-11H,1-3H3,(H,23,24). The van der Waals surface area contributed by atoms with Crippen molar-refractivity contribution in [1.29, 1.82) is 0 Å². The molecular weight excluding hydrogens is 373 g/mol. The van der Waals surface area contributed by atoms with Gasteiger partial charge in [-0.3, -0.25) is 10.1 Å². The van der Waals surface area contributed by atoms with E-state index in [0.29, 0.717) is 33.5 Å². The van der Waals surface area contributed by atoms with E-state index in [4.69, 9.17) is 0 Å². The molecule has 2 aromatic carbocycles. The Morgan fingerprint density at radius 2 is 1.72 bits per heavy atom. The number of hydrogen-bond acceptors (Lipinski definition) is 5. The molecule has 1 N–H and O–H groups in total. The van der Waals surface area contributed by atoms with Crippen LogP contribution in [0.15, 0.2) is 48.5 Å². The number of hydrogen-bond donors (Lipinski definition) is 1.